The van der Waals surface area contributed by atoms with Gasteiger partial charge in [0.25, 0.3) is 0 Å². The molecule has 0 atom stereocenters. The Morgan fingerprint density at radius 3 is 2.80 bits per heavy atom. The van der Waals surface area contributed by atoms with E-state index in [0.717, 1.165) is 20.7 Å². The number of pyridine rings is 1. The highest BCUT2D eigenvalue weighted by molar-refractivity contribution is 9.10. The number of nitrogens with two attached hydrogens (primary N) is 1. The zero-order valence-corrected chi connectivity index (χ0v) is 13.2. The number of esters is 1. The van der Waals surface area contributed by atoms with Crippen molar-refractivity contribution in [1.82, 2.24) is 4.98 Å². The molecule has 4 nitrogen and oxygen atoms in total. The van der Waals surface area contributed by atoms with Crippen LogP contribution in [0, 0.1) is 0 Å². The van der Waals surface area contributed by atoms with Crippen LogP contribution in [0.15, 0.2) is 45.9 Å². The van der Waals surface area contributed by atoms with Crippen molar-refractivity contribution in [2.45, 2.75) is 10.6 Å². The predicted molar refractivity (Wildman–Crippen MR) is 83.7 cm³/mol. The van der Waals surface area contributed by atoms with Crippen molar-refractivity contribution in [2.75, 3.05) is 12.8 Å². The summed E-state index contributed by atoms with van der Waals surface area (Å²) in [6.45, 7) is 0. The standard InChI is InChI=1S/C14H13BrN2O2S/c1-19-14(18)9-2-4-11(17-7-9)8-20-13-5-3-10(16)6-12(13)15/h2-7H,8,16H2,1H3. The van der Waals surface area contributed by atoms with E-state index in [1.54, 1.807) is 17.8 Å². The fourth-order valence-electron chi connectivity index (χ4n) is 1.53. The summed E-state index contributed by atoms with van der Waals surface area (Å²) >= 11 is 5.13. The van der Waals surface area contributed by atoms with Crippen molar-refractivity contribution in [2.24, 2.45) is 0 Å². The van der Waals surface area contributed by atoms with Gasteiger partial charge in [0.05, 0.1) is 18.4 Å². The van der Waals surface area contributed by atoms with Gasteiger partial charge in [0.15, 0.2) is 0 Å². The molecule has 0 aliphatic rings. The van der Waals surface area contributed by atoms with E-state index in [4.69, 9.17) is 5.73 Å². The van der Waals surface area contributed by atoms with Gasteiger partial charge in [0.1, 0.15) is 0 Å². The van der Waals surface area contributed by atoms with E-state index in [-0.39, 0.29) is 5.97 Å². The lowest BCUT2D eigenvalue weighted by Crippen LogP contribution is -2.02. The molecule has 0 unspecified atom stereocenters. The summed E-state index contributed by atoms with van der Waals surface area (Å²) in [7, 11) is 1.35. The summed E-state index contributed by atoms with van der Waals surface area (Å²) in [5.74, 6) is 0.335. The van der Waals surface area contributed by atoms with Gasteiger partial charge in [-0.15, -0.1) is 11.8 Å². The number of nitrogen functional groups attached to an aromatic ring is 1. The van der Waals surface area contributed by atoms with Crippen LogP contribution < -0.4 is 5.73 Å². The lowest BCUT2D eigenvalue weighted by molar-refractivity contribution is 0.0600. The molecule has 0 aliphatic heterocycles. The average Bonchev–Trinajstić information content (AvgIpc) is 2.46. The highest BCUT2D eigenvalue weighted by Crippen LogP contribution is 2.31. The topological polar surface area (TPSA) is 65.2 Å². The first-order chi connectivity index (χ1) is 9.60. The van der Waals surface area contributed by atoms with Gasteiger partial charge in [-0.05, 0) is 46.3 Å². The number of carbonyl (C=O) groups is 1. The summed E-state index contributed by atoms with van der Waals surface area (Å²) in [4.78, 5) is 16.6. The molecule has 1 heterocycles. The van der Waals surface area contributed by atoms with Gasteiger partial charge in [-0.25, -0.2) is 4.79 Å². The molecule has 2 N–H and O–H groups in total. The highest BCUT2D eigenvalue weighted by Gasteiger charge is 2.06. The minimum Gasteiger partial charge on any atom is -0.465 e. The summed E-state index contributed by atoms with van der Waals surface area (Å²) in [5.41, 5.74) is 7.77. The first-order valence-corrected chi connectivity index (χ1v) is 7.59. The number of benzene rings is 1. The lowest BCUT2D eigenvalue weighted by atomic mass is 10.2. The van der Waals surface area contributed by atoms with Crippen LogP contribution in [-0.4, -0.2) is 18.1 Å². The van der Waals surface area contributed by atoms with Crippen LogP contribution in [0.2, 0.25) is 0 Å². The Morgan fingerprint density at radius 1 is 1.40 bits per heavy atom. The number of anilines is 1. The fourth-order valence-corrected chi connectivity index (χ4v) is 3.11. The van der Waals surface area contributed by atoms with Gasteiger partial charge in [0, 0.05) is 27.0 Å². The Balaban J connectivity index is 2.02. The van der Waals surface area contributed by atoms with E-state index in [0.29, 0.717) is 11.3 Å². The van der Waals surface area contributed by atoms with Gasteiger partial charge in [-0.3, -0.25) is 4.98 Å². The molecule has 0 amide bonds. The van der Waals surface area contributed by atoms with Crippen LogP contribution in [0.3, 0.4) is 0 Å². The second-order valence-corrected chi connectivity index (χ2v) is 5.88. The second kappa shape index (κ2) is 6.76. The molecule has 2 rings (SSSR count). The molecular weight excluding hydrogens is 340 g/mol. The third kappa shape index (κ3) is 3.74. The molecule has 2 aromatic rings. The van der Waals surface area contributed by atoms with Crippen LogP contribution in [0.5, 0.6) is 0 Å². The van der Waals surface area contributed by atoms with E-state index in [9.17, 15) is 4.79 Å². The zero-order chi connectivity index (χ0) is 14.5. The second-order valence-electron chi connectivity index (χ2n) is 4.01. The normalized spacial score (nSPS) is 10.3. The van der Waals surface area contributed by atoms with Crippen LogP contribution in [-0.2, 0) is 10.5 Å². The third-order valence-electron chi connectivity index (χ3n) is 2.58. The van der Waals surface area contributed by atoms with E-state index in [2.05, 4.69) is 25.7 Å². The molecule has 0 saturated heterocycles. The third-order valence-corrected chi connectivity index (χ3v) is 4.60. The molecule has 20 heavy (non-hydrogen) atoms. The molecule has 1 aromatic carbocycles. The number of methoxy groups -OCH3 is 1. The van der Waals surface area contributed by atoms with Crippen molar-refractivity contribution >= 4 is 39.3 Å². The van der Waals surface area contributed by atoms with E-state index >= 15 is 0 Å². The van der Waals surface area contributed by atoms with Crippen LogP contribution in [0.4, 0.5) is 5.69 Å². The molecular formula is C14H13BrN2O2S. The Hall–Kier alpha value is -1.53. The van der Waals surface area contributed by atoms with Crippen LogP contribution in [0.25, 0.3) is 0 Å². The number of carbonyl (C=O) groups excluding carboxylic acids is 1. The number of hydrogen-bond acceptors (Lipinski definition) is 5. The van der Waals surface area contributed by atoms with Gasteiger partial charge < -0.3 is 10.5 Å². The molecule has 0 fully saturated rings. The Morgan fingerprint density at radius 2 is 2.20 bits per heavy atom. The fraction of sp³-hybridized carbons (Fsp3) is 0.143. The Kier molecular flexibility index (Phi) is 5.03. The predicted octanol–water partition coefficient (Wildman–Crippen LogP) is 3.51. The molecule has 0 spiro atoms. The minimum atomic E-state index is -0.377. The highest BCUT2D eigenvalue weighted by atomic mass is 79.9. The maximum Gasteiger partial charge on any atom is 0.339 e. The van der Waals surface area contributed by atoms with Gasteiger partial charge in [-0.2, -0.15) is 0 Å². The summed E-state index contributed by atoms with van der Waals surface area (Å²) < 4.78 is 5.60. The zero-order valence-electron chi connectivity index (χ0n) is 10.8. The van der Waals surface area contributed by atoms with E-state index < -0.39 is 0 Å². The number of thioether (sulfide) groups is 1. The van der Waals surface area contributed by atoms with Crippen molar-refractivity contribution in [3.63, 3.8) is 0 Å². The molecule has 0 radical (unpaired) electrons. The minimum absolute atomic E-state index is 0.377. The van der Waals surface area contributed by atoms with Crippen molar-refractivity contribution in [3.8, 4) is 0 Å². The molecule has 6 heteroatoms. The summed E-state index contributed by atoms with van der Waals surface area (Å²) in [5, 5.41) is 0. The average molecular weight is 353 g/mol. The summed E-state index contributed by atoms with van der Waals surface area (Å²) in [6, 6.07) is 9.24. The number of hydrogen-bond donors (Lipinski definition) is 1. The SMILES string of the molecule is COC(=O)c1ccc(CSc2ccc(N)cc2Br)nc1. The lowest BCUT2D eigenvalue weighted by Gasteiger charge is -2.05. The number of rotatable bonds is 4. The smallest absolute Gasteiger partial charge is 0.339 e. The van der Waals surface area contributed by atoms with E-state index in [1.165, 1.54) is 13.3 Å². The summed E-state index contributed by atoms with van der Waals surface area (Å²) in [6.07, 6.45) is 1.53. The van der Waals surface area contributed by atoms with Crippen LogP contribution >= 0.6 is 27.7 Å². The monoisotopic (exact) mass is 352 g/mol. The van der Waals surface area contributed by atoms with Gasteiger partial charge in [0.2, 0.25) is 0 Å². The van der Waals surface area contributed by atoms with Crippen molar-refractivity contribution < 1.29 is 9.53 Å². The molecule has 0 saturated carbocycles. The van der Waals surface area contributed by atoms with Gasteiger partial charge >= 0.3 is 5.97 Å². The first kappa shape index (κ1) is 14.9. The first-order valence-electron chi connectivity index (χ1n) is 5.81. The largest absolute Gasteiger partial charge is 0.465 e. The number of halogens is 1. The van der Waals surface area contributed by atoms with E-state index in [1.807, 2.05) is 24.3 Å². The van der Waals surface area contributed by atoms with Crippen molar-refractivity contribution in [1.29, 1.82) is 0 Å². The quantitative estimate of drug-likeness (QED) is 0.518. The maximum atomic E-state index is 11.3. The number of ether oxygens (including phenoxy) is 1. The van der Waals surface area contributed by atoms with Crippen LogP contribution in [0.1, 0.15) is 16.1 Å². The van der Waals surface area contributed by atoms with Gasteiger partial charge in [-0.1, -0.05) is 0 Å². The maximum absolute atomic E-state index is 11.3. The van der Waals surface area contributed by atoms with Crippen molar-refractivity contribution in [3.05, 3.63) is 52.3 Å². The molecule has 1 aromatic heterocycles. The molecule has 104 valence electrons. The molecule has 0 aliphatic carbocycles. The Labute approximate surface area is 129 Å². The Bertz CT molecular complexity index is 617. The number of aromatic nitrogens is 1. The molecule has 0 bridgehead atoms. The number of nitrogens with zero attached hydrogens (tertiary/aromatic N) is 1.